The molecule has 2 N–H and O–H groups in total. The lowest BCUT2D eigenvalue weighted by atomic mass is 10.1. The van der Waals surface area contributed by atoms with Gasteiger partial charge in [0, 0.05) is 5.39 Å². The highest BCUT2D eigenvalue weighted by Gasteiger charge is 2.36. The quantitative estimate of drug-likeness (QED) is 0.924. The summed E-state index contributed by atoms with van der Waals surface area (Å²) in [5.41, 5.74) is 8.02. The molecule has 0 bridgehead atoms. The predicted octanol–water partition coefficient (Wildman–Crippen LogP) is 2.71. The van der Waals surface area contributed by atoms with Crippen LogP contribution in [0.4, 0.5) is 0 Å². The van der Waals surface area contributed by atoms with Gasteiger partial charge in [0.1, 0.15) is 11.3 Å². The molecule has 3 rings (SSSR count). The molecule has 0 aliphatic carbocycles. The number of nitrogens with two attached hydrogens (primary N) is 1. The van der Waals surface area contributed by atoms with Gasteiger partial charge in [0.25, 0.3) is 0 Å². The van der Waals surface area contributed by atoms with Gasteiger partial charge < -0.3 is 10.2 Å². The third kappa shape index (κ3) is 2.25. The Balaban J connectivity index is 2.00. The molecule has 1 fully saturated rings. The van der Waals surface area contributed by atoms with Crippen molar-refractivity contribution in [2.45, 2.75) is 37.5 Å². The van der Waals surface area contributed by atoms with Crippen LogP contribution in [-0.2, 0) is 9.84 Å². The van der Waals surface area contributed by atoms with Crippen molar-refractivity contribution in [2.75, 3.05) is 5.75 Å². The average molecular weight is 293 g/mol. The number of hydrogen-bond acceptors (Lipinski definition) is 4. The first-order chi connectivity index (χ1) is 9.49. The molecule has 0 radical (unpaired) electrons. The van der Waals surface area contributed by atoms with Crippen LogP contribution in [0.3, 0.4) is 0 Å². The second-order valence-corrected chi connectivity index (χ2v) is 7.91. The minimum atomic E-state index is -3.10. The molecule has 1 aromatic heterocycles. The lowest BCUT2D eigenvalue weighted by molar-refractivity contribution is 0.444. The highest BCUT2D eigenvalue weighted by molar-refractivity contribution is 7.92. The van der Waals surface area contributed by atoms with E-state index in [4.69, 9.17) is 10.2 Å². The maximum Gasteiger partial charge on any atom is 0.155 e. The fraction of sp³-hybridized carbons (Fsp3) is 0.467. The Bertz CT molecular complexity index is 733. The Kier molecular flexibility index (Phi) is 3.34. The Morgan fingerprint density at radius 1 is 1.35 bits per heavy atom. The Morgan fingerprint density at radius 2 is 2.15 bits per heavy atom. The summed E-state index contributed by atoms with van der Waals surface area (Å²) in [6.45, 7) is 1.97. The van der Waals surface area contributed by atoms with Crippen molar-refractivity contribution in [1.29, 1.82) is 0 Å². The summed E-state index contributed by atoms with van der Waals surface area (Å²) in [7, 11) is -3.10. The summed E-state index contributed by atoms with van der Waals surface area (Å²) in [6, 6.07) is 7.18. The number of sulfone groups is 1. The standard InChI is InChI=1S/C15H19NO3S/c1-10-5-4-6-11-9-12(19-15(10)11)14(16)13-7-2-3-8-20(13,17)18/h4-6,9,13-14H,2-3,7-8,16H2,1H3. The zero-order valence-electron chi connectivity index (χ0n) is 11.5. The van der Waals surface area contributed by atoms with Gasteiger partial charge in [-0.2, -0.15) is 0 Å². The molecule has 1 aromatic carbocycles. The van der Waals surface area contributed by atoms with Gasteiger partial charge in [0.05, 0.1) is 17.0 Å². The van der Waals surface area contributed by atoms with Crippen LogP contribution in [0.25, 0.3) is 11.0 Å². The zero-order chi connectivity index (χ0) is 14.3. The highest BCUT2D eigenvalue weighted by Crippen LogP contribution is 2.32. The minimum absolute atomic E-state index is 0.241. The van der Waals surface area contributed by atoms with Crippen molar-refractivity contribution in [2.24, 2.45) is 5.73 Å². The summed E-state index contributed by atoms with van der Waals surface area (Å²) in [6.07, 6.45) is 2.28. The first-order valence-electron chi connectivity index (χ1n) is 6.95. The topological polar surface area (TPSA) is 73.3 Å². The largest absolute Gasteiger partial charge is 0.459 e. The highest BCUT2D eigenvalue weighted by atomic mass is 32.2. The van der Waals surface area contributed by atoms with Crippen molar-refractivity contribution in [1.82, 2.24) is 0 Å². The van der Waals surface area contributed by atoms with Gasteiger partial charge in [-0.15, -0.1) is 0 Å². The summed E-state index contributed by atoms with van der Waals surface area (Å²) in [4.78, 5) is 0. The minimum Gasteiger partial charge on any atom is -0.459 e. The number of fused-ring (bicyclic) bond motifs is 1. The monoisotopic (exact) mass is 293 g/mol. The summed E-state index contributed by atoms with van der Waals surface area (Å²) < 4.78 is 30.1. The SMILES string of the molecule is Cc1cccc2cc(C(N)C3CCCCS3(=O)=O)oc12. The summed E-state index contributed by atoms with van der Waals surface area (Å²) in [5, 5.41) is 0.459. The molecule has 0 saturated carbocycles. The van der Waals surface area contributed by atoms with E-state index < -0.39 is 21.1 Å². The molecular weight excluding hydrogens is 274 g/mol. The van der Waals surface area contributed by atoms with Crippen LogP contribution in [-0.4, -0.2) is 19.4 Å². The number of benzene rings is 1. The molecule has 0 spiro atoms. The lowest BCUT2D eigenvalue weighted by Crippen LogP contribution is -2.37. The van der Waals surface area contributed by atoms with Crippen LogP contribution < -0.4 is 5.73 Å². The normalized spacial score (nSPS) is 23.8. The van der Waals surface area contributed by atoms with Crippen molar-refractivity contribution >= 4 is 20.8 Å². The molecule has 2 unspecified atom stereocenters. The molecule has 2 atom stereocenters. The lowest BCUT2D eigenvalue weighted by Gasteiger charge is -2.26. The smallest absolute Gasteiger partial charge is 0.155 e. The van der Waals surface area contributed by atoms with E-state index in [1.54, 1.807) is 0 Å². The van der Waals surface area contributed by atoms with E-state index in [-0.39, 0.29) is 5.75 Å². The molecule has 5 heteroatoms. The van der Waals surface area contributed by atoms with Gasteiger partial charge in [0.15, 0.2) is 9.84 Å². The average Bonchev–Trinajstić information content (AvgIpc) is 2.83. The summed E-state index contributed by atoms with van der Waals surface area (Å²) in [5.74, 6) is 0.815. The van der Waals surface area contributed by atoms with E-state index in [2.05, 4.69) is 0 Å². The van der Waals surface area contributed by atoms with Crippen LogP contribution in [0, 0.1) is 6.92 Å². The van der Waals surface area contributed by atoms with Crippen LogP contribution in [0.2, 0.25) is 0 Å². The third-order valence-electron chi connectivity index (χ3n) is 4.12. The van der Waals surface area contributed by atoms with E-state index in [0.29, 0.717) is 12.2 Å². The Labute approximate surface area is 118 Å². The van der Waals surface area contributed by atoms with E-state index in [9.17, 15) is 8.42 Å². The van der Waals surface area contributed by atoms with E-state index in [1.165, 1.54) is 0 Å². The molecule has 1 aliphatic rings. The van der Waals surface area contributed by atoms with Crippen molar-refractivity contribution in [3.05, 3.63) is 35.6 Å². The van der Waals surface area contributed by atoms with Crippen LogP contribution >= 0.6 is 0 Å². The van der Waals surface area contributed by atoms with E-state index in [1.807, 2.05) is 31.2 Å². The second-order valence-electron chi connectivity index (χ2n) is 5.57. The number of furan rings is 1. The molecule has 4 nitrogen and oxygen atoms in total. The fourth-order valence-corrected chi connectivity index (χ4v) is 4.97. The van der Waals surface area contributed by atoms with Gasteiger partial charge in [0.2, 0.25) is 0 Å². The number of hydrogen-bond donors (Lipinski definition) is 1. The Morgan fingerprint density at radius 3 is 2.85 bits per heavy atom. The van der Waals surface area contributed by atoms with E-state index >= 15 is 0 Å². The molecule has 20 heavy (non-hydrogen) atoms. The van der Waals surface area contributed by atoms with Gasteiger partial charge in [-0.25, -0.2) is 8.42 Å². The van der Waals surface area contributed by atoms with Crippen molar-refractivity contribution < 1.29 is 12.8 Å². The molecule has 1 saturated heterocycles. The first-order valence-corrected chi connectivity index (χ1v) is 8.67. The van der Waals surface area contributed by atoms with Gasteiger partial charge in [-0.05, 0) is 31.4 Å². The number of para-hydroxylation sites is 1. The van der Waals surface area contributed by atoms with Crippen molar-refractivity contribution in [3.63, 3.8) is 0 Å². The zero-order valence-corrected chi connectivity index (χ0v) is 12.3. The predicted molar refractivity (Wildman–Crippen MR) is 79.3 cm³/mol. The number of rotatable bonds is 2. The molecule has 1 aliphatic heterocycles. The second kappa shape index (κ2) is 4.90. The van der Waals surface area contributed by atoms with Crippen LogP contribution in [0.1, 0.15) is 36.6 Å². The third-order valence-corrected chi connectivity index (χ3v) is 6.43. The molecule has 2 aromatic rings. The van der Waals surface area contributed by atoms with Gasteiger partial charge >= 0.3 is 0 Å². The maximum atomic E-state index is 12.2. The van der Waals surface area contributed by atoms with Gasteiger partial charge in [-0.1, -0.05) is 24.6 Å². The number of aryl methyl sites for hydroxylation is 1. The van der Waals surface area contributed by atoms with Crippen LogP contribution in [0.15, 0.2) is 28.7 Å². The summed E-state index contributed by atoms with van der Waals surface area (Å²) >= 11 is 0. The molecule has 2 heterocycles. The van der Waals surface area contributed by atoms with Gasteiger partial charge in [-0.3, -0.25) is 0 Å². The molecule has 108 valence electrons. The van der Waals surface area contributed by atoms with Crippen molar-refractivity contribution in [3.8, 4) is 0 Å². The molecule has 0 amide bonds. The van der Waals surface area contributed by atoms with Crippen LogP contribution in [0.5, 0.6) is 0 Å². The Hall–Kier alpha value is -1.33. The molecular formula is C15H19NO3S. The first kappa shape index (κ1) is 13.6. The fourth-order valence-electron chi connectivity index (χ4n) is 2.96. The maximum absolute atomic E-state index is 12.2. The van der Waals surface area contributed by atoms with E-state index in [0.717, 1.165) is 29.4 Å².